The smallest absolute Gasteiger partial charge is 0.119 e. The number of ether oxygens (including phenoxy) is 1. The van der Waals surface area contributed by atoms with Gasteiger partial charge in [0.15, 0.2) is 0 Å². The molecule has 1 aromatic rings. The van der Waals surface area contributed by atoms with Crippen LogP contribution in [-0.4, -0.2) is 13.2 Å². The van der Waals surface area contributed by atoms with Gasteiger partial charge < -0.3 is 10.5 Å². The highest BCUT2D eigenvalue weighted by atomic mass is 35.5. The molecule has 1 rings (SSSR count). The Balaban J connectivity index is 2.90. The van der Waals surface area contributed by atoms with Gasteiger partial charge in [-0.05, 0) is 37.1 Å². The topological polar surface area (TPSA) is 35.2 Å². The molecule has 0 spiro atoms. The molecule has 0 saturated heterocycles. The van der Waals surface area contributed by atoms with Crippen LogP contribution in [0, 0.1) is 0 Å². The van der Waals surface area contributed by atoms with Crippen molar-refractivity contribution in [1.29, 1.82) is 0 Å². The third-order valence-electron chi connectivity index (χ3n) is 1.79. The molecule has 13 heavy (non-hydrogen) atoms. The summed E-state index contributed by atoms with van der Waals surface area (Å²) >= 11 is 5.99. The van der Waals surface area contributed by atoms with E-state index >= 15 is 0 Å². The van der Waals surface area contributed by atoms with Gasteiger partial charge in [0.05, 0.1) is 7.11 Å². The van der Waals surface area contributed by atoms with Crippen molar-refractivity contribution in [1.82, 2.24) is 0 Å². The molecule has 0 amide bonds. The van der Waals surface area contributed by atoms with Crippen LogP contribution < -0.4 is 10.5 Å². The van der Waals surface area contributed by atoms with Crippen LogP contribution in [0.1, 0.15) is 12.5 Å². The lowest BCUT2D eigenvalue weighted by atomic mass is 10.1. The monoisotopic (exact) mass is 199 g/mol. The molecule has 0 unspecified atom stereocenters. The van der Waals surface area contributed by atoms with Crippen LogP contribution >= 0.6 is 11.6 Å². The van der Waals surface area contributed by atoms with Gasteiger partial charge in [-0.1, -0.05) is 11.6 Å². The molecular weight excluding hydrogens is 186 g/mol. The summed E-state index contributed by atoms with van der Waals surface area (Å²) < 4.78 is 5.09. The first-order chi connectivity index (χ1) is 6.13. The van der Waals surface area contributed by atoms with Crippen molar-refractivity contribution in [2.24, 2.45) is 5.73 Å². The third-order valence-corrected chi connectivity index (χ3v) is 2.16. The Kier molecular flexibility index (Phi) is 3.58. The van der Waals surface area contributed by atoms with Crippen LogP contribution in [0.4, 0.5) is 0 Å². The fraction of sp³-hybridized carbons (Fsp3) is 0.400. The van der Waals surface area contributed by atoms with Crippen LogP contribution in [0.5, 0.6) is 5.75 Å². The number of hydrogen-bond acceptors (Lipinski definition) is 2. The first-order valence-corrected chi connectivity index (χ1v) is 4.59. The zero-order valence-corrected chi connectivity index (χ0v) is 8.64. The van der Waals surface area contributed by atoms with Crippen molar-refractivity contribution in [2.75, 3.05) is 7.11 Å². The summed E-state index contributed by atoms with van der Waals surface area (Å²) in [4.78, 5) is 0. The number of rotatable bonds is 3. The summed E-state index contributed by atoms with van der Waals surface area (Å²) in [5.41, 5.74) is 6.72. The van der Waals surface area contributed by atoms with Crippen molar-refractivity contribution in [2.45, 2.75) is 19.4 Å². The van der Waals surface area contributed by atoms with Crippen LogP contribution in [-0.2, 0) is 6.42 Å². The lowest BCUT2D eigenvalue weighted by molar-refractivity contribution is 0.414. The van der Waals surface area contributed by atoms with Crippen molar-refractivity contribution in [3.05, 3.63) is 28.8 Å². The molecular formula is C10H14ClNO. The van der Waals surface area contributed by atoms with Crippen LogP contribution in [0.15, 0.2) is 18.2 Å². The minimum Gasteiger partial charge on any atom is -0.497 e. The van der Waals surface area contributed by atoms with Crippen LogP contribution in [0.25, 0.3) is 0 Å². The first kappa shape index (κ1) is 10.4. The molecule has 0 aliphatic rings. The van der Waals surface area contributed by atoms with Gasteiger partial charge in [-0.2, -0.15) is 0 Å². The highest BCUT2D eigenvalue weighted by Gasteiger charge is 2.04. The lowest BCUT2D eigenvalue weighted by Gasteiger charge is -2.08. The van der Waals surface area contributed by atoms with Gasteiger partial charge in [0, 0.05) is 11.1 Å². The quantitative estimate of drug-likeness (QED) is 0.811. The first-order valence-electron chi connectivity index (χ1n) is 4.21. The largest absolute Gasteiger partial charge is 0.497 e. The van der Waals surface area contributed by atoms with Gasteiger partial charge in [0.2, 0.25) is 0 Å². The summed E-state index contributed by atoms with van der Waals surface area (Å²) in [6.45, 7) is 1.95. The average Bonchev–Trinajstić information content (AvgIpc) is 2.08. The number of nitrogens with two attached hydrogens (primary N) is 1. The molecule has 0 saturated carbocycles. The van der Waals surface area contributed by atoms with E-state index in [-0.39, 0.29) is 6.04 Å². The summed E-state index contributed by atoms with van der Waals surface area (Å²) in [6.07, 6.45) is 0.774. The fourth-order valence-corrected chi connectivity index (χ4v) is 1.38. The molecule has 0 bridgehead atoms. The van der Waals surface area contributed by atoms with E-state index in [1.807, 2.05) is 25.1 Å². The van der Waals surface area contributed by atoms with Crippen molar-refractivity contribution in [3.63, 3.8) is 0 Å². The van der Waals surface area contributed by atoms with E-state index in [2.05, 4.69) is 0 Å². The van der Waals surface area contributed by atoms with Gasteiger partial charge >= 0.3 is 0 Å². The van der Waals surface area contributed by atoms with E-state index in [4.69, 9.17) is 22.1 Å². The molecule has 0 aromatic heterocycles. The minimum absolute atomic E-state index is 0.115. The molecule has 0 fully saturated rings. The second-order valence-electron chi connectivity index (χ2n) is 3.14. The van der Waals surface area contributed by atoms with Crippen molar-refractivity contribution in [3.8, 4) is 5.75 Å². The minimum atomic E-state index is 0.115. The Morgan fingerprint density at radius 2 is 2.23 bits per heavy atom. The number of halogens is 1. The summed E-state index contributed by atoms with van der Waals surface area (Å²) in [5, 5.41) is 0.748. The van der Waals surface area contributed by atoms with Crippen LogP contribution in [0.3, 0.4) is 0 Å². The maximum absolute atomic E-state index is 5.99. The van der Waals surface area contributed by atoms with E-state index in [9.17, 15) is 0 Å². The van der Waals surface area contributed by atoms with Crippen molar-refractivity contribution >= 4 is 11.6 Å². The Morgan fingerprint density at radius 1 is 1.54 bits per heavy atom. The van der Waals surface area contributed by atoms with E-state index < -0.39 is 0 Å². The zero-order chi connectivity index (χ0) is 9.84. The molecule has 1 aromatic carbocycles. The second kappa shape index (κ2) is 4.49. The summed E-state index contributed by atoms with van der Waals surface area (Å²) in [5.74, 6) is 0.819. The van der Waals surface area contributed by atoms with Gasteiger partial charge in [-0.25, -0.2) is 0 Å². The zero-order valence-electron chi connectivity index (χ0n) is 7.88. The molecule has 72 valence electrons. The highest BCUT2D eigenvalue weighted by Crippen LogP contribution is 2.22. The van der Waals surface area contributed by atoms with Gasteiger partial charge in [0.25, 0.3) is 0 Å². The predicted molar refractivity (Wildman–Crippen MR) is 55.4 cm³/mol. The molecule has 0 aliphatic heterocycles. The second-order valence-corrected chi connectivity index (χ2v) is 3.55. The van der Waals surface area contributed by atoms with Crippen LogP contribution in [0.2, 0.25) is 5.02 Å². The Labute approximate surface area is 83.6 Å². The van der Waals surface area contributed by atoms with Gasteiger partial charge in [-0.3, -0.25) is 0 Å². The number of methoxy groups -OCH3 is 1. The maximum atomic E-state index is 5.99. The summed E-state index contributed by atoms with van der Waals surface area (Å²) in [7, 11) is 1.64. The maximum Gasteiger partial charge on any atom is 0.119 e. The molecule has 0 radical (unpaired) electrons. The Morgan fingerprint density at radius 3 is 2.77 bits per heavy atom. The summed E-state index contributed by atoms with van der Waals surface area (Å²) in [6, 6.07) is 5.71. The van der Waals surface area contributed by atoms with E-state index in [1.165, 1.54) is 0 Å². The molecule has 2 N–H and O–H groups in total. The van der Waals surface area contributed by atoms with E-state index in [0.29, 0.717) is 0 Å². The Bertz CT molecular complexity index is 286. The van der Waals surface area contributed by atoms with Crippen molar-refractivity contribution < 1.29 is 4.74 Å². The molecule has 2 nitrogen and oxygen atoms in total. The molecule has 0 aliphatic carbocycles. The standard InChI is InChI=1S/C10H14ClNO/c1-7(12)5-8-6-9(13-2)3-4-10(8)11/h3-4,6-7H,5,12H2,1-2H3/t7-/m0/s1. The number of hydrogen-bond donors (Lipinski definition) is 1. The van der Waals surface area contributed by atoms with E-state index in [1.54, 1.807) is 7.11 Å². The van der Waals surface area contributed by atoms with Gasteiger partial charge in [0.1, 0.15) is 5.75 Å². The SMILES string of the molecule is COc1ccc(Cl)c(C[C@H](C)N)c1. The fourth-order valence-electron chi connectivity index (χ4n) is 1.18. The number of benzene rings is 1. The highest BCUT2D eigenvalue weighted by molar-refractivity contribution is 6.31. The average molecular weight is 200 g/mol. The molecule has 1 atom stereocenters. The third kappa shape index (κ3) is 2.90. The predicted octanol–water partition coefficient (Wildman–Crippen LogP) is 2.24. The Hall–Kier alpha value is -0.730. The normalized spacial score (nSPS) is 12.6. The van der Waals surface area contributed by atoms with Gasteiger partial charge in [-0.15, -0.1) is 0 Å². The molecule has 0 heterocycles. The lowest BCUT2D eigenvalue weighted by Crippen LogP contribution is -2.17. The molecule has 3 heteroatoms. The van der Waals surface area contributed by atoms with E-state index in [0.717, 1.165) is 22.8 Å².